The quantitative estimate of drug-likeness (QED) is 0.0210. The van der Waals surface area contributed by atoms with Crippen molar-refractivity contribution in [2.24, 2.45) is 162 Å². The van der Waals surface area contributed by atoms with Crippen LogP contribution >= 0.6 is 28.1 Å². The largest absolute Gasteiger partial charge is 0.390 e. The molecule has 778 valence electrons. The molecule has 4 aromatic rings. The van der Waals surface area contributed by atoms with E-state index in [4.69, 9.17) is 0 Å². The monoisotopic (exact) mass is 2010 g/mol. The fraction of sp³-hybridized carbons (Fsp3) is 0.768. The summed E-state index contributed by atoms with van der Waals surface area (Å²) < 4.78 is 11.1. The Kier molecular flexibility index (Phi) is 35.5. The third-order valence-electron chi connectivity index (χ3n) is 45.8. The minimum atomic E-state index is -0.463. The Morgan fingerprint density at radius 2 is 0.593 bits per heavy atom. The van der Waals surface area contributed by atoms with Gasteiger partial charge in [-0.3, -0.25) is 15.0 Å². The van der Waals surface area contributed by atoms with Gasteiger partial charge in [0, 0.05) is 49.6 Å². The maximum Gasteiger partial charge on any atom is 0.120 e. The van der Waals surface area contributed by atoms with Crippen LogP contribution in [-0.4, -0.2) is 90.6 Å². The van der Waals surface area contributed by atoms with Crippen LogP contribution in [0.4, 0.5) is 3.89 Å². The van der Waals surface area contributed by atoms with Crippen LogP contribution in [0.25, 0.3) is 0 Å². The highest BCUT2D eigenvalue weighted by atomic mass is 79.9. The van der Waals surface area contributed by atoms with Crippen molar-refractivity contribution in [2.45, 2.75) is 434 Å². The zero-order chi connectivity index (χ0) is 100. The normalized spacial score (nSPS) is 41.9. The number of halogens is 2. The molecule has 0 spiro atoms. The first-order valence-corrected chi connectivity index (χ1v) is 59.2. The summed E-state index contributed by atoms with van der Waals surface area (Å²) in [7, 11) is 0. The van der Waals surface area contributed by atoms with Gasteiger partial charge in [-0.15, -0.1) is 0 Å². The van der Waals surface area contributed by atoms with Gasteiger partial charge in [0.15, 0.2) is 0 Å². The van der Waals surface area contributed by atoms with Gasteiger partial charge in [-0.25, -0.2) is 4.98 Å². The van der Waals surface area contributed by atoms with E-state index in [0.717, 1.165) is 251 Å². The number of carbonyl (C=O) groups excluding carboxylic acids is 1. The van der Waals surface area contributed by atoms with E-state index >= 15 is 0 Å². The average Bonchev–Trinajstić information content (AvgIpc) is 1.49. The van der Waals surface area contributed by atoms with Gasteiger partial charge < -0.3 is 40.5 Å². The standard InChI is InChI=1S/3C31H47NO2.C26H42O2.C5H4BrN.CH3FS/c3*1-5-31(34)18-17-29(3)22(20-31)10-11-23-25-13-12-24(30(25,4)16-15-26(23)29)21(2)9-14-28(33)27-8-6-7-19-32-27;1-5-26(28)15-14-24(3)19(17-26)8-9-20-22-11-10-21(18(2)7-6-16-27)25(22,4)13-12-23(20)24;6-5-3-1-2-4-7-5;1-3-2/h3*6-8,10,19,21,23-26,28,33-34H,5,9,11-18,20H2,1-4H3;8,16,18,20-23,28H,5-7,9-15,17H2,1-4H3;1-4H;1H3/t21-,23+,24-,25+,26+,28?,29+,30-,31+;21-,23+,24-,25+,26+,28+,29+,30-,31+;21-,23+,24-,25+,26+,28-,29+,30-,31+;18-,20+,21-,22+,23+,24+,25-,26+;;/m1111../s1. The molecule has 0 aromatic carbocycles. The van der Waals surface area contributed by atoms with Crippen LogP contribution in [-0.2, 0) is 4.79 Å². The average molecular weight is 2010 g/mol. The Bertz CT molecular complexity index is 4460. The number of pyridine rings is 4. The molecular weight excluding hydrogens is 1820 g/mol. The summed E-state index contributed by atoms with van der Waals surface area (Å²) in [5.41, 5.74) is 9.98. The van der Waals surface area contributed by atoms with Crippen LogP contribution in [0.3, 0.4) is 0 Å². The number of aldehydes is 1. The molecule has 0 bridgehead atoms. The number of hydrogen-bond donors (Lipinski definition) is 7. The summed E-state index contributed by atoms with van der Waals surface area (Å²) in [6.07, 6.45) is 68.5. The summed E-state index contributed by atoms with van der Waals surface area (Å²) in [6, 6.07) is 23.2. The van der Waals surface area contributed by atoms with Gasteiger partial charge in [0.05, 0.1) is 57.8 Å². The lowest BCUT2D eigenvalue weighted by Crippen LogP contribution is -2.52. The van der Waals surface area contributed by atoms with Gasteiger partial charge in [-0.2, -0.15) is 3.89 Å². The van der Waals surface area contributed by atoms with Gasteiger partial charge in [0.1, 0.15) is 10.9 Å². The number of hydrogen-bond acceptors (Lipinski definition) is 13. The van der Waals surface area contributed by atoms with Crippen molar-refractivity contribution in [2.75, 3.05) is 6.26 Å². The smallest absolute Gasteiger partial charge is 0.120 e. The topological polar surface area (TPSA) is 210 Å². The van der Waals surface area contributed by atoms with Crippen molar-refractivity contribution < 1.29 is 44.4 Å². The molecule has 12 nitrogen and oxygen atoms in total. The highest BCUT2D eigenvalue weighted by Gasteiger charge is 2.66. The van der Waals surface area contributed by atoms with Crippen molar-refractivity contribution in [3.63, 3.8) is 0 Å². The van der Waals surface area contributed by atoms with Gasteiger partial charge in [-0.1, -0.05) is 182 Å². The second-order valence-corrected chi connectivity index (χ2v) is 53.1. The minimum absolute atomic E-state index is 0.250. The molecule has 7 N–H and O–H groups in total. The van der Waals surface area contributed by atoms with E-state index in [-0.39, 0.29) is 12.1 Å². The van der Waals surface area contributed by atoms with Gasteiger partial charge in [0.25, 0.3) is 0 Å². The number of nitrogens with zero attached hydrogens (tertiary/aromatic N) is 4. The Morgan fingerprint density at radius 3 is 0.800 bits per heavy atom. The Balaban J connectivity index is 0.000000137. The molecule has 35 atom stereocenters. The first-order chi connectivity index (χ1) is 66.7. The fourth-order valence-electron chi connectivity index (χ4n) is 36.9. The van der Waals surface area contributed by atoms with Crippen molar-refractivity contribution in [1.29, 1.82) is 0 Å². The Labute approximate surface area is 860 Å². The van der Waals surface area contributed by atoms with Crippen molar-refractivity contribution in [1.82, 2.24) is 19.9 Å². The second kappa shape index (κ2) is 45.2. The predicted octanol–water partition coefficient (Wildman–Crippen LogP) is 31.2. The van der Waals surface area contributed by atoms with Crippen LogP contribution in [0, 0.1) is 162 Å². The first-order valence-electron chi connectivity index (χ1n) is 57.3. The lowest BCUT2D eigenvalue weighted by atomic mass is 9.46. The molecule has 16 aliphatic carbocycles. The lowest BCUT2D eigenvalue weighted by Gasteiger charge is -2.59. The molecule has 12 fully saturated rings. The van der Waals surface area contributed by atoms with Gasteiger partial charge in [0.2, 0.25) is 0 Å². The SMILES string of the molecule is Brc1ccccn1.CC[C@]1(O)CC[C@@]2(C)C(=CC[C@H]3[C@@H]4CC[C@H]([C@H](C)CCC(O)c5ccccn5)[C@@]4(C)CC[C@@H]32)C1.CC[C@]1(O)CC[C@@]2(C)C(=CC[C@H]3[C@@H]4CC[C@H]([C@H](C)CCC=O)[C@@]4(C)CC[C@@H]32)C1.CC[C@]1(O)CC[C@@]2(C)C(=CC[C@H]3[C@@H]4CC[C@H]([C@H](C)CC[C@@H](O)c5ccccn5)[C@@]4(C)CC[C@@H]32)C1.CC[C@]1(O)CC[C@@]2(C)C(=CC[C@H]3[C@@H]4CC[C@H]([C@H](C)CC[C@H](O)c5ccccn5)[C@@]4(C)CC[C@@H]32)C1.CSF. The molecule has 4 aromatic heterocycles. The zero-order valence-corrected chi connectivity index (χ0v) is 92.4. The molecule has 0 aliphatic heterocycles. The van der Waals surface area contributed by atoms with E-state index in [9.17, 15) is 44.4 Å². The predicted molar refractivity (Wildman–Crippen MR) is 576 cm³/mol. The van der Waals surface area contributed by atoms with E-state index in [1.165, 1.54) is 160 Å². The molecule has 4 heterocycles. The van der Waals surface area contributed by atoms with Crippen molar-refractivity contribution in [3.05, 3.63) is 166 Å². The summed E-state index contributed by atoms with van der Waals surface area (Å²) in [4.78, 5) is 27.9. The lowest BCUT2D eigenvalue weighted by molar-refractivity contribution is -0.108. The number of aliphatic hydroxyl groups excluding tert-OH is 3. The number of allylic oxidation sites excluding steroid dienone is 4. The highest BCUT2D eigenvalue weighted by molar-refractivity contribution is 9.10. The third kappa shape index (κ3) is 22.1. The maximum atomic E-state index is 11.0. The Morgan fingerprint density at radius 1 is 0.350 bits per heavy atom. The van der Waals surface area contributed by atoms with E-state index in [0.29, 0.717) is 67.0 Å². The van der Waals surface area contributed by atoms with Crippen LogP contribution in [0.5, 0.6) is 0 Å². The second-order valence-electron chi connectivity index (χ2n) is 52.0. The van der Waals surface area contributed by atoms with Crippen LogP contribution < -0.4 is 0 Å². The zero-order valence-electron chi connectivity index (χ0n) is 90.0. The third-order valence-corrected chi connectivity index (χ3v) is 46.3. The van der Waals surface area contributed by atoms with Gasteiger partial charge in [-0.05, 0) is 502 Å². The summed E-state index contributed by atoms with van der Waals surface area (Å²) in [5.74, 6) is 15.6. The molecule has 15 heteroatoms. The number of fused-ring (bicyclic) bond motifs is 20. The van der Waals surface area contributed by atoms with Gasteiger partial charge >= 0.3 is 0 Å². The summed E-state index contributed by atoms with van der Waals surface area (Å²) in [6.45, 7) is 39.0. The van der Waals surface area contributed by atoms with E-state index in [2.05, 4.69) is 171 Å². The van der Waals surface area contributed by atoms with Crippen LogP contribution in [0.1, 0.15) is 429 Å². The molecule has 12 saturated carbocycles. The molecule has 16 aliphatic rings. The van der Waals surface area contributed by atoms with E-state index in [1.54, 1.807) is 47.1 Å². The first kappa shape index (κ1) is 110. The molecule has 0 saturated heterocycles. The van der Waals surface area contributed by atoms with Crippen molar-refractivity contribution >= 4 is 34.4 Å². The molecule has 0 amide bonds. The Hall–Kier alpha value is -4.29. The number of carbonyl (C=O) groups is 1. The van der Waals surface area contributed by atoms with E-state index < -0.39 is 40.7 Å². The molecule has 0 radical (unpaired) electrons. The van der Waals surface area contributed by atoms with Crippen LogP contribution in [0.15, 0.2) is 149 Å². The van der Waals surface area contributed by atoms with E-state index in [1.807, 2.05) is 72.8 Å². The summed E-state index contributed by atoms with van der Waals surface area (Å²) in [5, 5.41) is 76.0. The number of rotatable bonds is 23. The number of aliphatic hydroxyl groups is 7. The number of aromatic nitrogens is 4. The fourth-order valence-corrected chi connectivity index (χ4v) is 37.1. The molecule has 1 unspecified atom stereocenters. The molecule has 140 heavy (non-hydrogen) atoms. The highest BCUT2D eigenvalue weighted by Crippen LogP contribution is 2.74. The summed E-state index contributed by atoms with van der Waals surface area (Å²) >= 11 is 3.45. The van der Waals surface area contributed by atoms with Crippen LogP contribution in [0.2, 0.25) is 0 Å². The molecule has 20 rings (SSSR count). The minimum Gasteiger partial charge on any atom is -0.390 e. The maximum absolute atomic E-state index is 11.0. The molecular formula is C125H190BrFN4O8S. The van der Waals surface area contributed by atoms with Crippen molar-refractivity contribution in [3.8, 4) is 0 Å².